The van der Waals surface area contributed by atoms with Crippen LogP contribution in [0, 0.1) is 5.92 Å². The van der Waals surface area contributed by atoms with Crippen LogP contribution in [0.1, 0.15) is 43.5 Å². The number of piperidine rings is 1. The van der Waals surface area contributed by atoms with Crippen LogP contribution in [0.4, 0.5) is 5.69 Å². The zero-order chi connectivity index (χ0) is 16.7. The van der Waals surface area contributed by atoms with Gasteiger partial charge in [0.15, 0.2) is 0 Å². The molecule has 23 heavy (non-hydrogen) atoms. The molecule has 1 saturated heterocycles. The van der Waals surface area contributed by atoms with E-state index in [9.17, 15) is 4.79 Å². The predicted molar refractivity (Wildman–Crippen MR) is 97.2 cm³/mol. The van der Waals surface area contributed by atoms with Gasteiger partial charge in [-0.25, -0.2) is 0 Å². The van der Waals surface area contributed by atoms with Gasteiger partial charge in [-0.15, -0.1) is 0 Å². The van der Waals surface area contributed by atoms with Gasteiger partial charge in [0, 0.05) is 30.9 Å². The highest BCUT2D eigenvalue weighted by Gasteiger charge is 2.16. The van der Waals surface area contributed by atoms with Crippen molar-refractivity contribution in [3.8, 4) is 0 Å². The predicted octanol–water partition coefficient (Wildman–Crippen LogP) is 2.99. The molecule has 128 valence electrons. The Morgan fingerprint density at radius 1 is 1.17 bits per heavy atom. The number of likely N-dealkylation sites (tertiary alicyclic amines) is 1. The van der Waals surface area contributed by atoms with Gasteiger partial charge in [0.05, 0.1) is 0 Å². The summed E-state index contributed by atoms with van der Waals surface area (Å²) in [7, 11) is 2.18. The minimum Gasteiger partial charge on any atom is -0.372 e. The minimum absolute atomic E-state index is 0.0454. The Bertz CT molecular complexity index is 474. The molecule has 0 aromatic heterocycles. The first-order chi connectivity index (χ1) is 11.1. The van der Waals surface area contributed by atoms with E-state index in [-0.39, 0.29) is 5.91 Å². The molecule has 1 amide bonds. The van der Waals surface area contributed by atoms with Crippen LogP contribution >= 0.6 is 0 Å². The first-order valence-electron chi connectivity index (χ1n) is 8.95. The molecule has 1 aliphatic rings. The Labute approximate surface area is 140 Å². The number of anilines is 1. The number of hydrogen-bond acceptors (Lipinski definition) is 3. The number of rotatable bonds is 7. The highest BCUT2D eigenvalue weighted by atomic mass is 16.1. The Hall–Kier alpha value is -1.55. The van der Waals surface area contributed by atoms with Crippen LogP contribution in [0.5, 0.6) is 0 Å². The maximum absolute atomic E-state index is 12.2. The minimum atomic E-state index is 0.0454. The third-order valence-corrected chi connectivity index (χ3v) is 4.93. The van der Waals surface area contributed by atoms with Crippen LogP contribution in [0.2, 0.25) is 0 Å². The van der Waals surface area contributed by atoms with Gasteiger partial charge in [0.1, 0.15) is 0 Å². The van der Waals surface area contributed by atoms with E-state index >= 15 is 0 Å². The summed E-state index contributed by atoms with van der Waals surface area (Å²) >= 11 is 0. The van der Waals surface area contributed by atoms with Crippen molar-refractivity contribution >= 4 is 11.6 Å². The number of amides is 1. The molecule has 4 nitrogen and oxygen atoms in total. The van der Waals surface area contributed by atoms with Crippen molar-refractivity contribution in [2.45, 2.75) is 33.1 Å². The Morgan fingerprint density at radius 2 is 1.78 bits per heavy atom. The monoisotopic (exact) mass is 317 g/mol. The lowest BCUT2D eigenvalue weighted by Crippen LogP contribution is -2.32. The van der Waals surface area contributed by atoms with Crippen LogP contribution in [0.15, 0.2) is 24.3 Å². The molecule has 1 N–H and O–H groups in total. The molecule has 0 bridgehead atoms. The second kappa shape index (κ2) is 8.92. The van der Waals surface area contributed by atoms with E-state index in [0.717, 1.165) is 37.5 Å². The van der Waals surface area contributed by atoms with E-state index in [1.807, 2.05) is 24.3 Å². The van der Waals surface area contributed by atoms with Gasteiger partial charge in [0.25, 0.3) is 5.91 Å². The van der Waals surface area contributed by atoms with E-state index in [1.54, 1.807) is 0 Å². The summed E-state index contributed by atoms with van der Waals surface area (Å²) in [6.07, 6.45) is 3.60. The number of nitrogens with zero attached hydrogens (tertiary/aromatic N) is 2. The normalized spacial score (nSPS) is 16.3. The highest BCUT2D eigenvalue weighted by Crippen LogP contribution is 2.19. The fraction of sp³-hybridized carbons (Fsp3) is 0.632. The van der Waals surface area contributed by atoms with E-state index in [1.165, 1.54) is 31.6 Å². The van der Waals surface area contributed by atoms with Gasteiger partial charge < -0.3 is 15.1 Å². The molecule has 1 heterocycles. The third kappa shape index (κ3) is 5.24. The van der Waals surface area contributed by atoms with Gasteiger partial charge in [-0.05, 0) is 83.4 Å². The number of benzene rings is 1. The topological polar surface area (TPSA) is 35.6 Å². The second-order valence-corrected chi connectivity index (χ2v) is 6.51. The molecule has 4 heteroatoms. The summed E-state index contributed by atoms with van der Waals surface area (Å²) in [6, 6.07) is 7.94. The lowest BCUT2D eigenvalue weighted by atomic mass is 9.94. The van der Waals surface area contributed by atoms with Gasteiger partial charge in [0.2, 0.25) is 0 Å². The molecule has 2 rings (SSSR count). The number of carbonyl (C=O) groups excluding carboxylic acids is 1. The van der Waals surface area contributed by atoms with Crippen molar-refractivity contribution in [2.24, 2.45) is 5.92 Å². The van der Waals surface area contributed by atoms with Crippen LogP contribution in [0.3, 0.4) is 0 Å². The lowest BCUT2D eigenvalue weighted by molar-refractivity contribution is 0.0949. The molecule has 0 unspecified atom stereocenters. The zero-order valence-electron chi connectivity index (χ0n) is 14.8. The van der Waals surface area contributed by atoms with Gasteiger partial charge in [-0.1, -0.05) is 0 Å². The average Bonchev–Trinajstić information content (AvgIpc) is 2.58. The standard InChI is InChI=1S/C19H31N3O/c1-4-22(5-2)18-8-6-17(7-9-18)19(23)20-13-10-16-11-14-21(3)15-12-16/h6-9,16H,4-5,10-15H2,1-3H3,(H,20,23). The SMILES string of the molecule is CCN(CC)c1ccc(C(=O)NCCC2CCN(C)CC2)cc1. The van der Waals surface area contributed by atoms with Crippen molar-refractivity contribution in [1.82, 2.24) is 10.2 Å². The van der Waals surface area contributed by atoms with Crippen molar-refractivity contribution in [3.05, 3.63) is 29.8 Å². The Balaban J connectivity index is 1.77. The van der Waals surface area contributed by atoms with Crippen LogP contribution < -0.4 is 10.2 Å². The van der Waals surface area contributed by atoms with Crippen LogP contribution in [-0.2, 0) is 0 Å². The molecule has 0 atom stereocenters. The first kappa shape index (κ1) is 17.8. The van der Waals surface area contributed by atoms with Crippen molar-refractivity contribution in [2.75, 3.05) is 44.7 Å². The largest absolute Gasteiger partial charge is 0.372 e. The Morgan fingerprint density at radius 3 is 2.35 bits per heavy atom. The maximum Gasteiger partial charge on any atom is 0.251 e. The summed E-state index contributed by atoms with van der Waals surface area (Å²) in [5.74, 6) is 0.806. The lowest BCUT2D eigenvalue weighted by Gasteiger charge is -2.28. The molecule has 1 fully saturated rings. The highest BCUT2D eigenvalue weighted by molar-refractivity contribution is 5.94. The molecule has 0 saturated carbocycles. The second-order valence-electron chi connectivity index (χ2n) is 6.51. The van der Waals surface area contributed by atoms with Crippen molar-refractivity contribution < 1.29 is 4.79 Å². The molecule has 0 aliphatic carbocycles. The molecule has 1 aromatic carbocycles. The summed E-state index contributed by atoms with van der Waals surface area (Å²) < 4.78 is 0. The first-order valence-corrected chi connectivity index (χ1v) is 8.95. The molecular weight excluding hydrogens is 286 g/mol. The molecular formula is C19H31N3O. The fourth-order valence-corrected chi connectivity index (χ4v) is 3.26. The van der Waals surface area contributed by atoms with Crippen LogP contribution in [0.25, 0.3) is 0 Å². The number of carbonyl (C=O) groups is 1. The van der Waals surface area contributed by atoms with Crippen molar-refractivity contribution in [3.63, 3.8) is 0 Å². The molecule has 0 radical (unpaired) electrons. The molecule has 1 aliphatic heterocycles. The quantitative estimate of drug-likeness (QED) is 0.840. The van der Waals surface area contributed by atoms with Crippen LogP contribution in [-0.4, -0.2) is 50.6 Å². The Kier molecular flexibility index (Phi) is 6.90. The summed E-state index contributed by atoms with van der Waals surface area (Å²) in [5, 5.41) is 3.07. The smallest absolute Gasteiger partial charge is 0.251 e. The number of nitrogens with one attached hydrogen (secondary N) is 1. The van der Waals surface area contributed by atoms with Crippen molar-refractivity contribution in [1.29, 1.82) is 0 Å². The maximum atomic E-state index is 12.2. The van der Waals surface area contributed by atoms with E-state index in [0.29, 0.717) is 0 Å². The zero-order valence-corrected chi connectivity index (χ0v) is 14.8. The molecule has 1 aromatic rings. The summed E-state index contributed by atoms with van der Waals surface area (Å²) in [4.78, 5) is 16.9. The van der Waals surface area contributed by atoms with Gasteiger partial charge in [-0.2, -0.15) is 0 Å². The van der Waals surface area contributed by atoms with E-state index < -0.39 is 0 Å². The summed E-state index contributed by atoms with van der Waals surface area (Å²) in [6.45, 7) is 9.42. The average molecular weight is 317 g/mol. The fourth-order valence-electron chi connectivity index (χ4n) is 3.26. The van der Waals surface area contributed by atoms with Gasteiger partial charge in [-0.3, -0.25) is 4.79 Å². The third-order valence-electron chi connectivity index (χ3n) is 4.93. The van der Waals surface area contributed by atoms with E-state index in [2.05, 4.69) is 36.0 Å². The van der Waals surface area contributed by atoms with E-state index in [4.69, 9.17) is 0 Å². The molecule has 0 spiro atoms. The summed E-state index contributed by atoms with van der Waals surface area (Å²) in [5.41, 5.74) is 1.93. The van der Waals surface area contributed by atoms with Gasteiger partial charge >= 0.3 is 0 Å². The number of hydrogen-bond donors (Lipinski definition) is 1.